The summed E-state index contributed by atoms with van der Waals surface area (Å²) in [6, 6.07) is 13.6. The number of halogens is 1. The molecule has 0 atom stereocenters. The minimum Gasteiger partial charge on any atom is -0.371 e. The summed E-state index contributed by atoms with van der Waals surface area (Å²) >= 11 is 0. The summed E-state index contributed by atoms with van der Waals surface area (Å²) in [7, 11) is 0. The zero-order valence-corrected chi connectivity index (χ0v) is 17.3. The number of amides is 1. The van der Waals surface area contributed by atoms with Crippen LogP contribution in [0.5, 0.6) is 0 Å². The number of anilines is 1. The van der Waals surface area contributed by atoms with Crippen LogP contribution in [0.25, 0.3) is 0 Å². The van der Waals surface area contributed by atoms with E-state index in [4.69, 9.17) is 5.73 Å². The fraction of sp³-hybridized carbons (Fsp3) is 0.458. The zero-order chi connectivity index (χ0) is 20.6. The van der Waals surface area contributed by atoms with Crippen molar-refractivity contribution in [2.45, 2.75) is 39.2 Å². The van der Waals surface area contributed by atoms with Crippen molar-refractivity contribution in [3.8, 4) is 0 Å². The van der Waals surface area contributed by atoms with E-state index in [9.17, 15) is 9.18 Å². The molecule has 4 nitrogen and oxygen atoms in total. The van der Waals surface area contributed by atoms with Gasteiger partial charge in [0.2, 0.25) is 5.91 Å². The first-order chi connectivity index (χ1) is 13.9. The van der Waals surface area contributed by atoms with Crippen molar-refractivity contribution < 1.29 is 9.18 Å². The van der Waals surface area contributed by atoms with Crippen LogP contribution in [0.4, 0.5) is 10.1 Å². The number of hydrogen-bond acceptors (Lipinski definition) is 3. The van der Waals surface area contributed by atoms with E-state index < -0.39 is 5.41 Å². The average molecular weight is 396 g/mol. The molecule has 2 saturated heterocycles. The fourth-order valence-electron chi connectivity index (χ4n) is 4.90. The third kappa shape index (κ3) is 3.76. The van der Waals surface area contributed by atoms with Gasteiger partial charge < -0.3 is 10.6 Å². The normalized spacial score (nSPS) is 19.8. The summed E-state index contributed by atoms with van der Waals surface area (Å²) in [5, 5.41) is 0. The molecule has 0 spiro atoms. The van der Waals surface area contributed by atoms with Crippen LogP contribution >= 0.6 is 0 Å². The van der Waals surface area contributed by atoms with Crippen molar-refractivity contribution in [1.29, 1.82) is 0 Å². The Kier molecular flexibility index (Phi) is 5.34. The molecule has 5 heteroatoms. The van der Waals surface area contributed by atoms with Crippen LogP contribution in [0.15, 0.2) is 42.5 Å². The largest absolute Gasteiger partial charge is 0.371 e. The Morgan fingerprint density at radius 3 is 2.45 bits per heavy atom. The van der Waals surface area contributed by atoms with Crippen molar-refractivity contribution >= 4 is 11.6 Å². The van der Waals surface area contributed by atoms with Crippen LogP contribution < -0.4 is 10.6 Å². The topological polar surface area (TPSA) is 49.6 Å². The van der Waals surface area contributed by atoms with Gasteiger partial charge >= 0.3 is 0 Å². The van der Waals surface area contributed by atoms with Crippen molar-refractivity contribution in [2.75, 3.05) is 31.1 Å². The minimum absolute atomic E-state index is 0.256. The van der Waals surface area contributed by atoms with E-state index in [1.165, 1.54) is 22.9 Å². The Bertz CT molecular complexity index is 899. The molecule has 0 unspecified atom stereocenters. The number of carbonyl (C=O) groups excluding carboxylic acids is 1. The SMILES string of the molecule is Cc1cccc(N2CCC(N3CC(Cc4ccccc4F)(C(N)=O)C3)CC2)c1C. The Balaban J connectivity index is 1.38. The predicted octanol–water partition coefficient (Wildman–Crippen LogP) is 3.44. The summed E-state index contributed by atoms with van der Waals surface area (Å²) in [6.07, 6.45) is 2.52. The molecule has 2 aliphatic heterocycles. The molecule has 4 rings (SSSR count). The second-order valence-corrected chi connectivity index (χ2v) is 8.76. The molecule has 0 saturated carbocycles. The van der Waals surface area contributed by atoms with Gasteiger partial charge in [-0.15, -0.1) is 0 Å². The first kappa shape index (κ1) is 19.9. The number of hydrogen-bond donors (Lipinski definition) is 1. The van der Waals surface area contributed by atoms with Crippen molar-refractivity contribution in [1.82, 2.24) is 4.90 Å². The Morgan fingerprint density at radius 2 is 1.79 bits per heavy atom. The molecule has 29 heavy (non-hydrogen) atoms. The van der Waals surface area contributed by atoms with E-state index in [-0.39, 0.29) is 11.7 Å². The van der Waals surface area contributed by atoms with Gasteiger partial charge in [-0.3, -0.25) is 9.69 Å². The maximum absolute atomic E-state index is 14.1. The van der Waals surface area contributed by atoms with Crippen molar-refractivity contribution in [3.05, 3.63) is 65.0 Å². The van der Waals surface area contributed by atoms with Gasteiger partial charge in [0.05, 0.1) is 5.41 Å². The lowest BCUT2D eigenvalue weighted by atomic mass is 9.72. The molecule has 2 N–H and O–H groups in total. The number of piperidine rings is 1. The van der Waals surface area contributed by atoms with Crippen LogP contribution in [-0.4, -0.2) is 43.0 Å². The highest BCUT2D eigenvalue weighted by Crippen LogP contribution is 2.38. The van der Waals surface area contributed by atoms with E-state index in [2.05, 4.69) is 41.8 Å². The number of likely N-dealkylation sites (tertiary alicyclic amines) is 1. The van der Waals surface area contributed by atoms with Gasteiger partial charge in [0.15, 0.2) is 0 Å². The second kappa shape index (κ2) is 7.79. The van der Waals surface area contributed by atoms with Crippen LogP contribution in [0.2, 0.25) is 0 Å². The standard InChI is InChI=1S/C24H30FN3O/c1-17-6-5-9-22(18(17)2)27-12-10-20(11-13-27)28-15-24(16-28,23(26)29)14-19-7-3-4-8-21(19)25/h3-9,20H,10-16H2,1-2H3,(H2,26,29). The quantitative estimate of drug-likeness (QED) is 0.844. The maximum atomic E-state index is 14.1. The molecule has 2 fully saturated rings. The molecule has 154 valence electrons. The van der Waals surface area contributed by atoms with E-state index >= 15 is 0 Å². The van der Waals surface area contributed by atoms with E-state index in [1.807, 2.05) is 6.07 Å². The molecule has 1 amide bonds. The molecular weight excluding hydrogens is 365 g/mol. The predicted molar refractivity (Wildman–Crippen MR) is 114 cm³/mol. The highest BCUT2D eigenvalue weighted by atomic mass is 19.1. The molecular formula is C24H30FN3O. The maximum Gasteiger partial charge on any atom is 0.226 e. The highest BCUT2D eigenvalue weighted by Gasteiger charge is 2.50. The third-order valence-electron chi connectivity index (χ3n) is 6.92. The van der Waals surface area contributed by atoms with Crippen LogP contribution in [0.3, 0.4) is 0 Å². The number of nitrogens with two attached hydrogens (primary N) is 1. The second-order valence-electron chi connectivity index (χ2n) is 8.76. The number of carbonyl (C=O) groups is 1. The number of primary amides is 1. The number of aryl methyl sites for hydroxylation is 1. The summed E-state index contributed by atoms with van der Waals surface area (Å²) < 4.78 is 14.1. The molecule has 2 aromatic rings. The number of rotatable bonds is 5. The van der Waals surface area contributed by atoms with Crippen LogP contribution in [0, 0.1) is 25.1 Å². The van der Waals surface area contributed by atoms with Gasteiger partial charge in [-0.05, 0) is 61.9 Å². The highest BCUT2D eigenvalue weighted by molar-refractivity contribution is 5.83. The van der Waals surface area contributed by atoms with Gasteiger partial charge in [-0.2, -0.15) is 0 Å². The molecule has 2 aromatic carbocycles. The smallest absolute Gasteiger partial charge is 0.226 e. The molecule has 0 bridgehead atoms. The molecule has 2 aliphatic rings. The van der Waals surface area contributed by atoms with Crippen LogP contribution in [0.1, 0.15) is 29.5 Å². The zero-order valence-electron chi connectivity index (χ0n) is 17.3. The Hall–Kier alpha value is -2.40. The Morgan fingerprint density at radius 1 is 1.10 bits per heavy atom. The number of nitrogens with zero attached hydrogens (tertiary/aromatic N) is 2. The van der Waals surface area contributed by atoms with E-state index in [0.29, 0.717) is 31.1 Å². The minimum atomic E-state index is -0.646. The van der Waals surface area contributed by atoms with Gasteiger partial charge in [-0.1, -0.05) is 30.3 Å². The summed E-state index contributed by atoms with van der Waals surface area (Å²) in [5.74, 6) is -0.571. The van der Waals surface area contributed by atoms with Gasteiger partial charge in [0.25, 0.3) is 0 Å². The summed E-state index contributed by atoms with van der Waals surface area (Å²) in [5.41, 5.74) is 9.70. The van der Waals surface area contributed by atoms with Crippen molar-refractivity contribution in [2.24, 2.45) is 11.1 Å². The lowest BCUT2D eigenvalue weighted by Gasteiger charge is -2.53. The molecule has 2 heterocycles. The number of benzene rings is 2. The lowest BCUT2D eigenvalue weighted by Crippen LogP contribution is -2.66. The summed E-state index contributed by atoms with van der Waals surface area (Å²) in [6.45, 7) is 7.64. The monoisotopic (exact) mass is 395 g/mol. The van der Waals surface area contributed by atoms with E-state index in [0.717, 1.165) is 25.9 Å². The molecule has 0 aromatic heterocycles. The first-order valence-corrected chi connectivity index (χ1v) is 10.5. The lowest BCUT2D eigenvalue weighted by molar-refractivity contribution is -0.141. The van der Waals surface area contributed by atoms with Gasteiger partial charge in [-0.25, -0.2) is 4.39 Å². The van der Waals surface area contributed by atoms with Crippen molar-refractivity contribution in [3.63, 3.8) is 0 Å². The van der Waals surface area contributed by atoms with Gasteiger partial charge in [0, 0.05) is 37.9 Å². The molecule has 0 radical (unpaired) electrons. The first-order valence-electron chi connectivity index (χ1n) is 10.5. The summed E-state index contributed by atoms with van der Waals surface area (Å²) in [4.78, 5) is 17.1. The fourth-order valence-corrected chi connectivity index (χ4v) is 4.90. The third-order valence-corrected chi connectivity index (χ3v) is 6.92. The van der Waals surface area contributed by atoms with E-state index in [1.54, 1.807) is 12.1 Å². The Labute approximate surface area is 172 Å². The van der Waals surface area contributed by atoms with Crippen LogP contribution in [-0.2, 0) is 11.2 Å². The van der Waals surface area contributed by atoms with Gasteiger partial charge in [0.1, 0.15) is 5.82 Å². The molecule has 0 aliphatic carbocycles. The average Bonchev–Trinajstić information content (AvgIpc) is 2.68.